The highest BCUT2D eigenvalue weighted by Crippen LogP contribution is 2.33. The lowest BCUT2D eigenvalue weighted by Crippen LogP contribution is -2.05. The number of benzene rings is 2. The van der Waals surface area contributed by atoms with E-state index in [-0.39, 0.29) is 0 Å². The first-order valence-electron chi connectivity index (χ1n) is 7.75. The van der Waals surface area contributed by atoms with E-state index in [4.69, 9.17) is 0 Å². The summed E-state index contributed by atoms with van der Waals surface area (Å²) in [6.45, 7) is 2.74. The van der Waals surface area contributed by atoms with E-state index < -0.39 is 0 Å². The Morgan fingerprint density at radius 2 is 1.88 bits per heavy atom. The van der Waals surface area contributed by atoms with Crippen molar-refractivity contribution in [1.82, 2.24) is 20.2 Å². The number of thiophene rings is 1. The number of aromatic nitrogens is 4. The van der Waals surface area contributed by atoms with Crippen molar-refractivity contribution in [2.45, 2.75) is 13.5 Å². The molecule has 0 unspecified atom stereocenters. The van der Waals surface area contributed by atoms with Crippen LogP contribution in [-0.2, 0) is 6.54 Å². The molecular weight excluding hydrogens is 316 g/mol. The van der Waals surface area contributed by atoms with Crippen LogP contribution in [0.5, 0.6) is 0 Å². The zero-order valence-electron chi connectivity index (χ0n) is 13.3. The zero-order chi connectivity index (χ0) is 16.4. The molecule has 0 radical (unpaired) electrons. The molecule has 0 amide bonds. The maximum atomic E-state index is 4.30. The third kappa shape index (κ3) is 2.86. The topological polar surface area (TPSA) is 43.6 Å². The van der Waals surface area contributed by atoms with Crippen LogP contribution in [0.3, 0.4) is 0 Å². The zero-order valence-corrected chi connectivity index (χ0v) is 14.1. The molecule has 2 aromatic heterocycles. The predicted octanol–water partition coefficient (Wildman–Crippen LogP) is 4.43. The summed E-state index contributed by atoms with van der Waals surface area (Å²) in [5, 5.41) is 16.7. The first-order valence-corrected chi connectivity index (χ1v) is 8.69. The van der Waals surface area contributed by atoms with E-state index in [1.165, 1.54) is 16.7 Å². The second-order valence-electron chi connectivity index (χ2n) is 5.71. The minimum absolute atomic E-state index is 0.653. The smallest absolute Gasteiger partial charge is 0.182 e. The van der Waals surface area contributed by atoms with Crippen molar-refractivity contribution >= 4 is 11.3 Å². The van der Waals surface area contributed by atoms with E-state index in [2.05, 4.69) is 69.6 Å². The molecule has 2 heterocycles. The first kappa shape index (κ1) is 14.8. The number of nitrogens with zero attached hydrogens (tertiary/aromatic N) is 4. The van der Waals surface area contributed by atoms with E-state index in [9.17, 15) is 0 Å². The maximum absolute atomic E-state index is 4.30. The minimum atomic E-state index is 0.653. The van der Waals surface area contributed by atoms with Crippen LogP contribution >= 0.6 is 11.3 Å². The van der Waals surface area contributed by atoms with Crippen molar-refractivity contribution in [3.63, 3.8) is 0 Å². The molecule has 0 N–H and O–H groups in total. The van der Waals surface area contributed by atoms with Crippen LogP contribution in [-0.4, -0.2) is 20.2 Å². The van der Waals surface area contributed by atoms with Crippen molar-refractivity contribution in [1.29, 1.82) is 0 Å². The lowest BCUT2D eigenvalue weighted by atomic mass is 9.99. The van der Waals surface area contributed by atoms with Gasteiger partial charge < -0.3 is 0 Å². The van der Waals surface area contributed by atoms with Gasteiger partial charge in [0.05, 0.1) is 6.54 Å². The van der Waals surface area contributed by atoms with Gasteiger partial charge in [-0.3, -0.25) is 0 Å². The molecule has 0 spiro atoms. The average molecular weight is 332 g/mol. The van der Waals surface area contributed by atoms with E-state index in [1.807, 2.05) is 22.9 Å². The molecule has 0 aliphatic carbocycles. The van der Waals surface area contributed by atoms with E-state index in [1.54, 1.807) is 11.3 Å². The Morgan fingerprint density at radius 1 is 1.00 bits per heavy atom. The van der Waals surface area contributed by atoms with Gasteiger partial charge in [0.25, 0.3) is 0 Å². The summed E-state index contributed by atoms with van der Waals surface area (Å²) in [5.74, 6) is 0.795. The lowest BCUT2D eigenvalue weighted by Gasteiger charge is -2.10. The summed E-state index contributed by atoms with van der Waals surface area (Å²) in [7, 11) is 0. The van der Waals surface area contributed by atoms with Gasteiger partial charge in [0.2, 0.25) is 0 Å². The molecule has 0 bridgehead atoms. The van der Waals surface area contributed by atoms with Gasteiger partial charge in [0, 0.05) is 5.56 Å². The van der Waals surface area contributed by atoms with Gasteiger partial charge in [-0.1, -0.05) is 48.0 Å². The maximum Gasteiger partial charge on any atom is 0.182 e. The normalized spacial score (nSPS) is 10.9. The van der Waals surface area contributed by atoms with Crippen molar-refractivity contribution < 1.29 is 0 Å². The molecule has 2 aromatic carbocycles. The Bertz CT molecular complexity index is 943. The van der Waals surface area contributed by atoms with Gasteiger partial charge >= 0.3 is 0 Å². The number of rotatable bonds is 4. The molecule has 0 aliphatic rings. The molecule has 0 saturated heterocycles. The fraction of sp³-hybridized carbons (Fsp3) is 0.105. The van der Waals surface area contributed by atoms with Crippen LogP contribution in [0.2, 0.25) is 0 Å². The van der Waals surface area contributed by atoms with Crippen molar-refractivity contribution in [2.24, 2.45) is 0 Å². The van der Waals surface area contributed by atoms with Gasteiger partial charge in [-0.15, -0.1) is 5.10 Å². The molecule has 4 rings (SSSR count). The molecule has 118 valence electrons. The molecule has 0 aliphatic heterocycles. The monoisotopic (exact) mass is 332 g/mol. The van der Waals surface area contributed by atoms with Crippen LogP contribution in [0, 0.1) is 6.92 Å². The Kier molecular flexibility index (Phi) is 3.92. The van der Waals surface area contributed by atoms with Gasteiger partial charge in [-0.05, 0) is 56.9 Å². The number of tetrazole rings is 1. The molecule has 0 fully saturated rings. The molecule has 0 atom stereocenters. The van der Waals surface area contributed by atoms with Crippen LogP contribution in [0.25, 0.3) is 22.5 Å². The summed E-state index contributed by atoms with van der Waals surface area (Å²) < 4.78 is 1.86. The minimum Gasteiger partial charge on any atom is -0.221 e. The summed E-state index contributed by atoms with van der Waals surface area (Å²) in [6, 6.07) is 18.8. The highest BCUT2D eigenvalue weighted by molar-refractivity contribution is 7.08. The number of aryl methyl sites for hydroxylation is 1. The predicted molar refractivity (Wildman–Crippen MR) is 96.8 cm³/mol. The molecular formula is C19H16N4S. The summed E-state index contributed by atoms with van der Waals surface area (Å²) in [6.07, 6.45) is 0. The Hall–Kier alpha value is -2.79. The average Bonchev–Trinajstić information content (AvgIpc) is 3.27. The molecule has 4 aromatic rings. The van der Waals surface area contributed by atoms with Gasteiger partial charge in [0.1, 0.15) is 0 Å². The van der Waals surface area contributed by atoms with E-state index in [0.717, 1.165) is 17.0 Å². The SMILES string of the molecule is Cc1ccc(-c2ccsc2)c(-c2nnnn2Cc2ccccc2)c1. The van der Waals surface area contributed by atoms with Crippen molar-refractivity contribution in [2.75, 3.05) is 0 Å². The number of hydrogen-bond donors (Lipinski definition) is 0. The van der Waals surface area contributed by atoms with Crippen LogP contribution in [0.15, 0.2) is 65.4 Å². The standard InChI is InChI=1S/C19H16N4S/c1-14-7-8-17(16-9-10-24-13-16)18(11-14)19-20-21-22-23(19)12-15-5-3-2-4-6-15/h2-11,13H,12H2,1H3. The highest BCUT2D eigenvalue weighted by atomic mass is 32.1. The van der Waals surface area contributed by atoms with Crippen molar-refractivity contribution in [3.8, 4) is 22.5 Å². The van der Waals surface area contributed by atoms with Crippen molar-refractivity contribution in [3.05, 3.63) is 76.5 Å². The van der Waals surface area contributed by atoms with Gasteiger partial charge in [-0.25, -0.2) is 4.68 Å². The molecule has 5 heteroatoms. The Morgan fingerprint density at radius 3 is 2.67 bits per heavy atom. The van der Waals surface area contributed by atoms with Crippen LogP contribution in [0.4, 0.5) is 0 Å². The highest BCUT2D eigenvalue weighted by Gasteiger charge is 2.15. The summed E-state index contributed by atoms with van der Waals surface area (Å²) >= 11 is 1.69. The molecule has 4 nitrogen and oxygen atoms in total. The van der Waals surface area contributed by atoms with Gasteiger partial charge in [0.15, 0.2) is 5.82 Å². The quantitative estimate of drug-likeness (QED) is 0.555. The lowest BCUT2D eigenvalue weighted by molar-refractivity contribution is 0.653. The van der Waals surface area contributed by atoms with Crippen LogP contribution in [0.1, 0.15) is 11.1 Å². The fourth-order valence-electron chi connectivity index (χ4n) is 2.77. The fourth-order valence-corrected chi connectivity index (χ4v) is 3.43. The molecule has 24 heavy (non-hydrogen) atoms. The largest absolute Gasteiger partial charge is 0.221 e. The Labute approximate surface area is 144 Å². The second-order valence-corrected chi connectivity index (χ2v) is 6.49. The Balaban J connectivity index is 1.80. The molecule has 0 saturated carbocycles. The number of hydrogen-bond acceptors (Lipinski definition) is 4. The van der Waals surface area contributed by atoms with Gasteiger partial charge in [-0.2, -0.15) is 11.3 Å². The van der Waals surface area contributed by atoms with Crippen LogP contribution < -0.4 is 0 Å². The third-order valence-corrected chi connectivity index (χ3v) is 4.64. The summed E-state index contributed by atoms with van der Waals surface area (Å²) in [5.41, 5.74) is 5.79. The van der Waals surface area contributed by atoms with E-state index >= 15 is 0 Å². The summed E-state index contributed by atoms with van der Waals surface area (Å²) in [4.78, 5) is 0. The van der Waals surface area contributed by atoms with E-state index in [0.29, 0.717) is 6.54 Å². The second kappa shape index (κ2) is 6.37. The third-order valence-electron chi connectivity index (χ3n) is 3.96. The first-order chi connectivity index (χ1) is 11.8.